The summed E-state index contributed by atoms with van der Waals surface area (Å²) in [6.07, 6.45) is 1.21. The summed E-state index contributed by atoms with van der Waals surface area (Å²) in [5, 5.41) is 8.91. The molecule has 0 radical (unpaired) electrons. The van der Waals surface area contributed by atoms with E-state index in [1.54, 1.807) is 0 Å². The molecule has 0 aromatic heterocycles. The van der Waals surface area contributed by atoms with Gasteiger partial charge in [-0.1, -0.05) is 0 Å². The molecule has 3 rings (SSSR count). The quantitative estimate of drug-likeness (QED) is 0.664. The second kappa shape index (κ2) is 3.29. The van der Waals surface area contributed by atoms with Crippen LogP contribution in [0.2, 0.25) is 0 Å². The lowest BCUT2D eigenvalue weighted by Gasteiger charge is -2.21. The molecule has 0 spiro atoms. The van der Waals surface area contributed by atoms with Crippen LogP contribution in [0, 0.1) is 11.8 Å². The molecule has 3 saturated heterocycles. The Labute approximate surface area is 97.5 Å². The topological polar surface area (TPSA) is 83.9 Å². The zero-order chi connectivity index (χ0) is 12.3. The molecule has 3 aliphatic rings. The van der Waals surface area contributed by atoms with E-state index in [2.05, 4.69) is 0 Å². The zero-order valence-electron chi connectivity index (χ0n) is 9.33. The molecule has 0 aromatic carbocycles. The minimum absolute atomic E-state index is 0.188. The van der Waals surface area contributed by atoms with Crippen molar-refractivity contribution in [1.29, 1.82) is 0 Å². The number of hydrogen-bond acceptors (Lipinski definition) is 4. The molecule has 0 saturated carbocycles. The maximum atomic E-state index is 12.1. The molecule has 6 nitrogen and oxygen atoms in total. The fraction of sp³-hybridized carbons (Fsp3) is 0.727. The molecule has 0 unspecified atom stereocenters. The van der Waals surface area contributed by atoms with Gasteiger partial charge >= 0.3 is 5.97 Å². The molecule has 92 valence electrons. The second-order valence-electron chi connectivity index (χ2n) is 4.90. The lowest BCUT2D eigenvalue weighted by molar-refractivity contribution is -0.155. The van der Waals surface area contributed by atoms with Gasteiger partial charge in [-0.05, 0) is 19.8 Å². The lowest BCUT2D eigenvalue weighted by Crippen LogP contribution is -2.45. The highest BCUT2D eigenvalue weighted by Crippen LogP contribution is 2.48. The van der Waals surface area contributed by atoms with Gasteiger partial charge in [0.1, 0.15) is 6.04 Å². The average Bonchev–Trinajstić information content (AvgIpc) is 2.92. The van der Waals surface area contributed by atoms with Crippen molar-refractivity contribution >= 4 is 17.8 Å². The number of carboxylic acids is 1. The van der Waals surface area contributed by atoms with E-state index in [9.17, 15) is 14.4 Å². The first-order valence-corrected chi connectivity index (χ1v) is 5.77. The van der Waals surface area contributed by atoms with Crippen molar-refractivity contribution < 1.29 is 24.2 Å². The SMILES string of the molecule is C[C@H](C(=O)O)N1C(=O)[C@@H]2[C@H](C1=O)[C@H]1CC[C@H]2O1. The van der Waals surface area contributed by atoms with Crippen LogP contribution in [0.3, 0.4) is 0 Å². The van der Waals surface area contributed by atoms with Crippen LogP contribution in [0.1, 0.15) is 19.8 Å². The van der Waals surface area contributed by atoms with E-state index >= 15 is 0 Å². The van der Waals surface area contributed by atoms with Gasteiger partial charge in [0.2, 0.25) is 11.8 Å². The van der Waals surface area contributed by atoms with Crippen molar-refractivity contribution in [2.75, 3.05) is 0 Å². The Kier molecular flexibility index (Phi) is 2.07. The largest absolute Gasteiger partial charge is 0.480 e. The summed E-state index contributed by atoms with van der Waals surface area (Å²) < 4.78 is 5.55. The summed E-state index contributed by atoms with van der Waals surface area (Å²) in [6, 6.07) is -1.08. The first-order valence-electron chi connectivity index (χ1n) is 5.77. The fourth-order valence-corrected chi connectivity index (χ4v) is 3.23. The number of fused-ring (bicyclic) bond motifs is 5. The second-order valence-corrected chi connectivity index (χ2v) is 4.90. The molecule has 6 heteroatoms. The molecule has 5 atom stereocenters. The molecule has 0 aromatic rings. The van der Waals surface area contributed by atoms with Gasteiger partial charge in [-0.15, -0.1) is 0 Å². The number of imide groups is 1. The standard InChI is InChI=1S/C11H13NO5/c1-4(11(15)16)12-9(13)7-5-2-3-6(17-5)8(7)10(12)14/h4-8H,2-3H2,1H3,(H,15,16)/t4-,5-,6-,7-,8+/m1/s1. The Hall–Kier alpha value is -1.43. The Morgan fingerprint density at radius 1 is 1.29 bits per heavy atom. The van der Waals surface area contributed by atoms with Crippen LogP contribution in [0.4, 0.5) is 0 Å². The highest BCUT2D eigenvalue weighted by atomic mass is 16.5. The summed E-state index contributed by atoms with van der Waals surface area (Å²) in [7, 11) is 0. The van der Waals surface area contributed by atoms with Crippen LogP contribution < -0.4 is 0 Å². The van der Waals surface area contributed by atoms with E-state index in [1.165, 1.54) is 6.92 Å². The summed E-state index contributed by atoms with van der Waals surface area (Å²) in [4.78, 5) is 36.0. The van der Waals surface area contributed by atoms with E-state index in [-0.39, 0.29) is 24.0 Å². The van der Waals surface area contributed by atoms with Crippen molar-refractivity contribution in [1.82, 2.24) is 4.90 Å². The number of amides is 2. The van der Waals surface area contributed by atoms with Crippen LogP contribution in [0.15, 0.2) is 0 Å². The first kappa shape index (κ1) is 10.7. The number of carboxylic acid groups (broad SMARTS) is 1. The van der Waals surface area contributed by atoms with E-state index < -0.39 is 23.8 Å². The molecule has 3 fully saturated rings. The first-order chi connectivity index (χ1) is 8.02. The van der Waals surface area contributed by atoms with Gasteiger partial charge in [0.25, 0.3) is 0 Å². The highest BCUT2D eigenvalue weighted by molar-refractivity contribution is 6.08. The summed E-state index contributed by atoms with van der Waals surface area (Å²) >= 11 is 0. The number of likely N-dealkylation sites (tertiary alicyclic amines) is 1. The Morgan fingerprint density at radius 2 is 1.76 bits per heavy atom. The van der Waals surface area contributed by atoms with Crippen molar-refractivity contribution in [2.24, 2.45) is 11.8 Å². The van der Waals surface area contributed by atoms with Crippen LogP contribution in [0.5, 0.6) is 0 Å². The minimum atomic E-state index is -1.15. The van der Waals surface area contributed by atoms with Crippen LogP contribution in [0.25, 0.3) is 0 Å². The highest BCUT2D eigenvalue weighted by Gasteiger charge is 2.63. The summed E-state index contributed by atoms with van der Waals surface area (Å²) in [5.41, 5.74) is 0. The van der Waals surface area contributed by atoms with Gasteiger partial charge in [0, 0.05) is 0 Å². The maximum absolute atomic E-state index is 12.1. The Morgan fingerprint density at radius 3 is 2.18 bits per heavy atom. The van der Waals surface area contributed by atoms with Gasteiger partial charge in [0.05, 0.1) is 24.0 Å². The normalized spacial score (nSPS) is 40.9. The third kappa shape index (κ3) is 1.21. The number of nitrogens with zero attached hydrogens (tertiary/aromatic N) is 1. The van der Waals surface area contributed by atoms with Crippen LogP contribution >= 0.6 is 0 Å². The van der Waals surface area contributed by atoms with Crippen molar-refractivity contribution in [2.45, 2.75) is 38.0 Å². The minimum Gasteiger partial charge on any atom is -0.480 e. The monoisotopic (exact) mass is 239 g/mol. The van der Waals surface area contributed by atoms with Gasteiger partial charge in [-0.2, -0.15) is 0 Å². The maximum Gasteiger partial charge on any atom is 0.326 e. The molecule has 3 heterocycles. The third-order valence-corrected chi connectivity index (χ3v) is 4.06. The third-order valence-electron chi connectivity index (χ3n) is 4.06. The van der Waals surface area contributed by atoms with Gasteiger partial charge in [-0.3, -0.25) is 14.5 Å². The average molecular weight is 239 g/mol. The van der Waals surface area contributed by atoms with Crippen molar-refractivity contribution in [3.05, 3.63) is 0 Å². The van der Waals surface area contributed by atoms with E-state index in [0.717, 1.165) is 17.7 Å². The number of rotatable bonds is 2. The molecular weight excluding hydrogens is 226 g/mol. The van der Waals surface area contributed by atoms with Gasteiger partial charge in [-0.25, -0.2) is 4.79 Å². The van der Waals surface area contributed by atoms with E-state index in [1.807, 2.05) is 0 Å². The lowest BCUT2D eigenvalue weighted by atomic mass is 9.81. The Bertz CT molecular complexity index is 392. The molecule has 1 N–H and O–H groups in total. The smallest absolute Gasteiger partial charge is 0.326 e. The predicted octanol–water partition coefficient (Wildman–Crippen LogP) is -0.378. The number of ether oxygens (including phenoxy) is 1. The number of carbonyl (C=O) groups is 3. The van der Waals surface area contributed by atoms with Crippen LogP contribution in [-0.2, 0) is 19.1 Å². The molecule has 3 aliphatic heterocycles. The van der Waals surface area contributed by atoms with Crippen LogP contribution in [-0.4, -0.2) is 46.0 Å². The molecule has 0 aliphatic carbocycles. The number of hydrogen-bond donors (Lipinski definition) is 1. The molecule has 2 amide bonds. The van der Waals surface area contributed by atoms with Gasteiger partial charge < -0.3 is 9.84 Å². The predicted molar refractivity (Wildman–Crippen MR) is 53.8 cm³/mol. The molecule has 2 bridgehead atoms. The number of aliphatic carboxylic acids is 1. The Balaban J connectivity index is 1.93. The summed E-state index contributed by atoms with van der Waals surface area (Å²) in [6.45, 7) is 1.36. The van der Waals surface area contributed by atoms with Gasteiger partial charge in [0.15, 0.2) is 0 Å². The zero-order valence-corrected chi connectivity index (χ0v) is 9.33. The van der Waals surface area contributed by atoms with Crippen molar-refractivity contribution in [3.63, 3.8) is 0 Å². The molecule has 17 heavy (non-hydrogen) atoms. The molecular formula is C11H13NO5. The number of carbonyl (C=O) groups excluding carboxylic acids is 2. The van der Waals surface area contributed by atoms with Crippen molar-refractivity contribution in [3.8, 4) is 0 Å². The fourth-order valence-electron chi connectivity index (χ4n) is 3.23. The summed E-state index contributed by atoms with van der Waals surface area (Å²) in [5.74, 6) is -2.78. The van der Waals surface area contributed by atoms with E-state index in [4.69, 9.17) is 9.84 Å². The van der Waals surface area contributed by atoms with E-state index in [0.29, 0.717) is 0 Å².